The van der Waals surface area contributed by atoms with Crippen LogP contribution in [0.25, 0.3) is 0 Å². The molecule has 1 atom stereocenters. The average molecular weight is 162 g/mol. The van der Waals surface area contributed by atoms with E-state index in [0.29, 0.717) is 0 Å². The van der Waals surface area contributed by atoms with Gasteiger partial charge in [-0.1, -0.05) is 0 Å². The number of aliphatic carboxylic acids is 1. The molecule has 0 aliphatic carbocycles. The normalized spacial score (nSPS) is 26.2. The van der Waals surface area contributed by atoms with Crippen LogP contribution in [-0.2, 0) is 8.98 Å². The van der Waals surface area contributed by atoms with E-state index in [-0.39, 0.29) is 11.7 Å². The van der Waals surface area contributed by atoms with Crippen LogP contribution in [0.4, 0.5) is 0 Å². The highest BCUT2D eigenvalue weighted by molar-refractivity contribution is 7.95. The van der Waals surface area contributed by atoms with Crippen LogP contribution >= 0.6 is 12.0 Å². The monoisotopic (exact) mass is 162 g/mol. The Labute approximate surface area is 64.0 Å². The maximum absolute atomic E-state index is 10.2. The summed E-state index contributed by atoms with van der Waals surface area (Å²) in [7, 11) is 0. The quantitative estimate of drug-likeness (QED) is 0.621. The summed E-state index contributed by atoms with van der Waals surface area (Å²) in [6, 6.07) is 0. The Morgan fingerprint density at radius 1 is 1.80 bits per heavy atom. The molecule has 1 N–H and O–H groups in total. The van der Waals surface area contributed by atoms with E-state index in [1.165, 1.54) is 12.0 Å². The molecule has 0 saturated carbocycles. The molecule has 10 heavy (non-hydrogen) atoms. The van der Waals surface area contributed by atoms with E-state index in [1.807, 2.05) is 0 Å². The third-order valence-corrected chi connectivity index (χ3v) is 2.34. The molecule has 1 aliphatic heterocycles. The average Bonchev–Trinajstić information content (AvgIpc) is 1.88. The van der Waals surface area contributed by atoms with Crippen molar-refractivity contribution in [1.82, 2.24) is 0 Å². The van der Waals surface area contributed by atoms with Crippen LogP contribution in [-0.4, -0.2) is 22.9 Å². The van der Waals surface area contributed by atoms with Gasteiger partial charge in [0.2, 0.25) is 0 Å². The van der Waals surface area contributed by atoms with Crippen molar-refractivity contribution in [3.63, 3.8) is 0 Å². The van der Waals surface area contributed by atoms with Crippen molar-refractivity contribution in [2.75, 3.05) is 6.61 Å². The van der Waals surface area contributed by atoms with Crippen molar-refractivity contribution in [3.8, 4) is 0 Å². The molecule has 0 radical (unpaired) electrons. The lowest BCUT2D eigenvalue weighted by Crippen LogP contribution is -2.15. The Balaban J connectivity index is 2.19. The number of rotatable bonds is 2. The molecule has 0 aromatic rings. The molecular formula is C6H10O3S. The summed E-state index contributed by atoms with van der Waals surface area (Å²) in [6.07, 6.45) is 2.19. The minimum absolute atomic E-state index is 0.172. The Morgan fingerprint density at radius 3 is 3.10 bits per heavy atom. The Morgan fingerprint density at radius 2 is 2.60 bits per heavy atom. The number of carbonyl (C=O) groups is 1. The maximum Gasteiger partial charge on any atom is 0.304 e. The summed E-state index contributed by atoms with van der Waals surface area (Å²) in [6.45, 7) is 0.765. The number of hydrogen-bond acceptors (Lipinski definition) is 3. The van der Waals surface area contributed by atoms with E-state index in [4.69, 9.17) is 9.29 Å². The second kappa shape index (κ2) is 3.83. The van der Waals surface area contributed by atoms with Crippen LogP contribution in [0.3, 0.4) is 0 Å². The Kier molecular flexibility index (Phi) is 3.02. The zero-order valence-electron chi connectivity index (χ0n) is 5.58. The molecule has 1 unspecified atom stereocenters. The van der Waals surface area contributed by atoms with Gasteiger partial charge in [-0.3, -0.25) is 4.79 Å². The number of carboxylic acids is 1. The fourth-order valence-corrected chi connectivity index (χ4v) is 1.77. The molecule has 0 bridgehead atoms. The van der Waals surface area contributed by atoms with Crippen LogP contribution in [0.1, 0.15) is 19.3 Å². The lowest BCUT2D eigenvalue weighted by molar-refractivity contribution is -0.137. The molecular weight excluding hydrogens is 152 g/mol. The summed E-state index contributed by atoms with van der Waals surface area (Å²) >= 11 is 1.31. The molecule has 0 aromatic heterocycles. The maximum atomic E-state index is 10.2. The van der Waals surface area contributed by atoms with Gasteiger partial charge in [-0.25, -0.2) is 0 Å². The van der Waals surface area contributed by atoms with E-state index in [2.05, 4.69) is 0 Å². The molecule has 1 fully saturated rings. The van der Waals surface area contributed by atoms with Crippen LogP contribution in [0.15, 0.2) is 0 Å². The van der Waals surface area contributed by atoms with Crippen LogP contribution in [0, 0.1) is 0 Å². The summed E-state index contributed by atoms with van der Waals surface area (Å²) in [5, 5.41) is 8.57. The van der Waals surface area contributed by atoms with Gasteiger partial charge in [-0.2, -0.15) is 0 Å². The van der Waals surface area contributed by atoms with Crippen molar-refractivity contribution in [2.45, 2.75) is 24.5 Å². The minimum Gasteiger partial charge on any atom is -0.481 e. The van der Waals surface area contributed by atoms with Crippen LogP contribution in [0.5, 0.6) is 0 Å². The predicted octanol–water partition coefficient (Wildman–Crippen LogP) is 1.29. The predicted molar refractivity (Wildman–Crippen MR) is 38.8 cm³/mol. The van der Waals surface area contributed by atoms with Gasteiger partial charge in [0, 0.05) is 5.25 Å². The van der Waals surface area contributed by atoms with Gasteiger partial charge >= 0.3 is 5.97 Å². The highest BCUT2D eigenvalue weighted by Gasteiger charge is 2.17. The zero-order chi connectivity index (χ0) is 7.40. The molecule has 1 heterocycles. The second-order valence-corrected chi connectivity index (χ2v) is 3.38. The van der Waals surface area contributed by atoms with Crippen molar-refractivity contribution in [3.05, 3.63) is 0 Å². The fraction of sp³-hybridized carbons (Fsp3) is 0.833. The van der Waals surface area contributed by atoms with E-state index < -0.39 is 5.97 Å². The third kappa shape index (κ3) is 2.58. The molecule has 0 spiro atoms. The summed E-state index contributed by atoms with van der Waals surface area (Å²) in [5.41, 5.74) is 0. The molecule has 0 aromatic carbocycles. The zero-order valence-corrected chi connectivity index (χ0v) is 6.39. The van der Waals surface area contributed by atoms with Gasteiger partial charge in [0.1, 0.15) is 0 Å². The van der Waals surface area contributed by atoms with Gasteiger partial charge in [0.15, 0.2) is 0 Å². The van der Waals surface area contributed by atoms with Crippen molar-refractivity contribution < 1.29 is 14.1 Å². The van der Waals surface area contributed by atoms with E-state index in [1.54, 1.807) is 0 Å². The molecule has 0 amide bonds. The van der Waals surface area contributed by atoms with Crippen molar-refractivity contribution >= 4 is 18.0 Å². The highest BCUT2D eigenvalue weighted by atomic mass is 32.2. The first-order valence-electron chi connectivity index (χ1n) is 3.29. The first kappa shape index (κ1) is 7.88. The lowest BCUT2D eigenvalue weighted by atomic mass is 10.2. The molecule has 4 heteroatoms. The van der Waals surface area contributed by atoms with Gasteiger partial charge in [0.05, 0.1) is 13.0 Å². The van der Waals surface area contributed by atoms with Gasteiger partial charge < -0.3 is 9.29 Å². The van der Waals surface area contributed by atoms with Gasteiger partial charge in [-0.05, 0) is 24.9 Å². The Bertz CT molecular complexity index is 120. The second-order valence-electron chi connectivity index (χ2n) is 2.28. The smallest absolute Gasteiger partial charge is 0.304 e. The van der Waals surface area contributed by atoms with E-state index in [0.717, 1.165) is 19.4 Å². The first-order chi connectivity index (χ1) is 4.79. The largest absolute Gasteiger partial charge is 0.481 e. The molecule has 58 valence electrons. The topological polar surface area (TPSA) is 46.5 Å². The SMILES string of the molecule is O=C(O)CC1CCCOS1. The lowest BCUT2D eigenvalue weighted by Gasteiger charge is -2.18. The minimum atomic E-state index is -0.733. The summed E-state index contributed by atoms with van der Waals surface area (Å²) in [5.74, 6) is -0.733. The van der Waals surface area contributed by atoms with Crippen molar-refractivity contribution in [1.29, 1.82) is 0 Å². The van der Waals surface area contributed by atoms with E-state index >= 15 is 0 Å². The summed E-state index contributed by atoms with van der Waals surface area (Å²) < 4.78 is 5.04. The highest BCUT2D eigenvalue weighted by Crippen LogP contribution is 2.25. The van der Waals surface area contributed by atoms with Gasteiger partial charge in [0.25, 0.3) is 0 Å². The summed E-state index contributed by atoms with van der Waals surface area (Å²) in [4.78, 5) is 10.2. The third-order valence-electron chi connectivity index (χ3n) is 1.36. The fourth-order valence-electron chi connectivity index (χ4n) is 0.893. The van der Waals surface area contributed by atoms with Crippen LogP contribution in [0.2, 0.25) is 0 Å². The molecule has 1 saturated heterocycles. The first-order valence-corrected chi connectivity index (χ1v) is 4.09. The Hall–Kier alpha value is -0.220. The van der Waals surface area contributed by atoms with Crippen LogP contribution < -0.4 is 0 Å². The number of carboxylic acid groups (broad SMARTS) is 1. The molecule has 3 nitrogen and oxygen atoms in total. The number of hydrogen-bond donors (Lipinski definition) is 1. The van der Waals surface area contributed by atoms with Crippen molar-refractivity contribution in [2.24, 2.45) is 0 Å². The molecule has 1 rings (SSSR count). The van der Waals surface area contributed by atoms with E-state index in [9.17, 15) is 4.79 Å². The standard InChI is InChI=1S/C6H10O3S/c7-6(8)4-5-2-1-3-9-10-5/h5H,1-4H2,(H,7,8). The van der Waals surface area contributed by atoms with Gasteiger partial charge in [-0.15, -0.1) is 0 Å². The molecule has 1 aliphatic rings.